The van der Waals surface area contributed by atoms with Crippen LogP contribution in [0.3, 0.4) is 0 Å². The highest BCUT2D eigenvalue weighted by molar-refractivity contribution is 7.21. The normalized spacial score (nSPS) is 17.2. The van der Waals surface area contributed by atoms with Crippen molar-refractivity contribution >= 4 is 54.0 Å². The summed E-state index contributed by atoms with van der Waals surface area (Å²) in [5.74, 6) is 1.26. The summed E-state index contributed by atoms with van der Waals surface area (Å²) >= 11 is 1.97. The third-order valence-electron chi connectivity index (χ3n) is 9.25. The minimum absolute atomic E-state index is 0.0199. The molecule has 0 radical (unpaired) electrons. The molecule has 0 N–H and O–H groups in total. The second kappa shape index (κ2) is 8.28. The third-order valence-corrected chi connectivity index (χ3v) is 10.8. The fourth-order valence-electron chi connectivity index (χ4n) is 7.31. The van der Waals surface area contributed by atoms with Crippen molar-refractivity contribution in [2.45, 2.75) is 31.6 Å². The molecule has 41 heavy (non-hydrogen) atoms. The van der Waals surface area contributed by atoms with E-state index in [1.807, 2.05) is 11.3 Å². The van der Waals surface area contributed by atoms with Crippen molar-refractivity contribution in [1.29, 1.82) is 0 Å². The molecule has 196 valence electrons. The Hall–Kier alpha value is -4.47. The van der Waals surface area contributed by atoms with Gasteiger partial charge in [-0.2, -0.15) is 0 Å². The maximum absolute atomic E-state index is 5.48. The molecule has 1 unspecified atom stereocenters. The minimum Gasteiger partial charge on any atom is -0.292 e. The maximum atomic E-state index is 5.48. The summed E-state index contributed by atoms with van der Waals surface area (Å²) in [6.45, 7) is 4.76. The number of pyridine rings is 1. The average Bonchev–Trinajstić information content (AvgIpc) is 3.64. The first-order valence-corrected chi connectivity index (χ1v) is 15.3. The van der Waals surface area contributed by atoms with Crippen molar-refractivity contribution in [2.75, 3.05) is 0 Å². The van der Waals surface area contributed by atoms with Gasteiger partial charge in [-0.25, -0.2) is 4.98 Å². The number of hydrogen-bond acceptors (Lipinski definition) is 2. The molecule has 3 heterocycles. The quantitative estimate of drug-likeness (QED) is 0.212. The molecule has 2 aliphatic carbocycles. The van der Waals surface area contributed by atoms with E-state index in [2.05, 4.69) is 134 Å². The lowest BCUT2D eigenvalue weighted by molar-refractivity contribution is 0.674. The first-order valence-electron chi connectivity index (χ1n) is 14.4. The molecule has 4 aromatic carbocycles. The van der Waals surface area contributed by atoms with E-state index < -0.39 is 0 Å². The van der Waals surface area contributed by atoms with Crippen molar-refractivity contribution in [3.63, 3.8) is 0 Å². The Kier molecular flexibility index (Phi) is 4.70. The van der Waals surface area contributed by atoms with E-state index in [1.54, 1.807) is 0 Å². The monoisotopic (exact) mass is 544 g/mol. The van der Waals surface area contributed by atoms with E-state index in [-0.39, 0.29) is 11.3 Å². The van der Waals surface area contributed by atoms with Gasteiger partial charge in [0.05, 0.1) is 21.4 Å². The van der Waals surface area contributed by atoms with Crippen LogP contribution in [-0.4, -0.2) is 9.55 Å². The molecule has 0 spiro atoms. The highest BCUT2D eigenvalue weighted by Crippen LogP contribution is 2.56. The second-order valence-electron chi connectivity index (χ2n) is 11.9. The Bertz CT molecular complexity index is 2270. The smallest absolute Gasteiger partial charge is 0.138 e. The van der Waals surface area contributed by atoms with Crippen LogP contribution in [0.4, 0.5) is 0 Å². The van der Waals surface area contributed by atoms with Gasteiger partial charge in [-0.15, -0.1) is 11.3 Å². The van der Waals surface area contributed by atoms with Gasteiger partial charge in [0.25, 0.3) is 0 Å². The lowest BCUT2D eigenvalue weighted by atomic mass is 9.87. The number of nitrogens with zero attached hydrogens (tertiary/aromatic N) is 2. The van der Waals surface area contributed by atoms with Crippen LogP contribution in [0, 0.1) is 0 Å². The van der Waals surface area contributed by atoms with Crippen LogP contribution < -0.4 is 0 Å². The molecule has 7 aromatic rings. The zero-order valence-electron chi connectivity index (χ0n) is 23.1. The fourth-order valence-corrected chi connectivity index (χ4v) is 8.78. The van der Waals surface area contributed by atoms with Crippen molar-refractivity contribution in [1.82, 2.24) is 9.55 Å². The Morgan fingerprint density at radius 3 is 2.46 bits per heavy atom. The summed E-state index contributed by atoms with van der Waals surface area (Å²) < 4.78 is 3.79. The molecular formula is C38H28N2S. The molecule has 0 amide bonds. The van der Waals surface area contributed by atoms with Crippen molar-refractivity contribution in [3.05, 3.63) is 131 Å². The number of benzene rings is 4. The van der Waals surface area contributed by atoms with Gasteiger partial charge in [-0.3, -0.25) is 4.57 Å². The summed E-state index contributed by atoms with van der Waals surface area (Å²) in [7, 11) is 0. The van der Waals surface area contributed by atoms with Gasteiger partial charge in [0, 0.05) is 43.3 Å². The number of allylic oxidation sites excluding steroid dienone is 4. The zero-order chi connectivity index (χ0) is 27.3. The Labute approximate surface area is 242 Å². The van der Waals surface area contributed by atoms with E-state index in [0.717, 1.165) is 17.9 Å². The van der Waals surface area contributed by atoms with Crippen LogP contribution in [-0.2, 0) is 5.41 Å². The van der Waals surface area contributed by atoms with Crippen LogP contribution >= 0.6 is 11.3 Å². The number of thiophene rings is 1. The maximum Gasteiger partial charge on any atom is 0.138 e. The van der Waals surface area contributed by atoms with Crippen molar-refractivity contribution in [2.24, 2.45) is 0 Å². The standard InChI is InChI=1S/C38H28N2S/c1-38(2)30-18-10-8-17-28(30)33-29-21-20-27-26-16-9-11-19-31(26)40(35(27)36(29)41-37(33)38)32-22-24-14-6-7-15-25(24)34(39-32)23-12-4-3-5-13-23/h3-12,14-23H,13H2,1-2H3. The molecule has 0 aliphatic heterocycles. The number of para-hydroxylation sites is 1. The zero-order valence-corrected chi connectivity index (χ0v) is 23.9. The molecule has 0 bridgehead atoms. The molecule has 0 saturated carbocycles. The Balaban J connectivity index is 1.42. The number of fused-ring (bicyclic) bond motifs is 10. The molecule has 1 atom stereocenters. The van der Waals surface area contributed by atoms with Crippen molar-refractivity contribution in [3.8, 4) is 16.9 Å². The SMILES string of the molecule is CC1(C)c2ccccc2-c2c1sc1c2ccc2c3ccccc3n(-c3cc4ccccc4c(C4C=CC=CC4)n3)c21. The van der Waals surface area contributed by atoms with Crippen molar-refractivity contribution < 1.29 is 0 Å². The van der Waals surface area contributed by atoms with Crippen LogP contribution in [0.2, 0.25) is 0 Å². The molecule has 2 nitrogen and oxygen atoms in total. The Morgan fingerprint density at radius 1 is 0.805 bits per heavy atom. The van der Waals surface area contributed by atoms with Crippen LogP contribution in [0.5, 0.6) is 0 Å². The van der Waals surface area contributed by atoms with Crippen LogP contribution in [0.1, 0.15) is 42.3 Å². The highest BCUT2D eigenvalue weighted by atomic mass is 32.1. The van der Waals surface area contributed by atoms with Crippen LogP contribution in [0.15, 0.2) is 115 Å². The third kappa shape index (κ3) is 3.10. The average molecular weight is 545 g/mol. The van der Waals surface area contributed by atoms with Gasteiger partial charge in [-0.05, 0) is 35.1 Å². The second-order valence-corrected chi connectivity index (χ2v) is 12.9. The van der Waals surface area contributed by atoms with Gasteiger partial charge in [-0.1, -0.05) is 117 Å². The molecular weight excluding hydrogens is 516 g/mol. The highest BCUT2D eigenvalue weighted by Gasteiger charge is 2.39. The number of rotatable bonds is 2. The predicted molar refractivity (Wildman–Crippen MR) is 175 cm³/mol. The largest absolute Gasteiger partial charge is 0.292 e. The lowest BCUT2D eigenvalue weighted by Gasteiger charge is -2.19. The summed E-state index contributed by atoms with van der Waals surface area (Å²) in [4.78, 5) is 6.95. The van der Waals surface area contributed by atoms with Gasteiger partial charge < -0.3 is 0 Å². The molecule has 0 fully saturated rings. The first kappa shape index (κ1) is 23.3. The van der Waals surface area contributed by atoms with Gasteiger partial charge >= 0.3 is 0 Å². The van der Waals surface area contributed by atoms with E-state index in [4.69, 9.17) is 4.98 Å². The molecule has 3 heteroatoms. The van der Waals surface area contributed by atoms with E-state index in [1.165, 1.54) is 64.2 Å². The van der Waals surface area contributed by atoms with Gasteiger partial charge in [0.2, 0.25) is 0 Å². The Morgan fingerprint density at radius 2 is 1.59 bits per heavy atom. The van der Waals surface area contributed by atoms with E-state index >= 15 is 0 Å². The molecule has 3 aromatic heterocycles. The molecule has 9 rings (SSSR count). The minimum atomic E-state index is -0.0199. The fraction of sp³-hybridized carbons (Fsp3) is 0.132. The summed E-state index contributed by atoms with van der Waals surface area (Å²) in [5, 5.41) is 6.38. The predicted octanol–water partition coefficient (Wildman–Crippen LogP) is 10.5. The summed E-state index contributed by atoms with van der Waals surface area (Å²) in [6, 6.07) is 33.5. The molecule has 2 aliphatic rings. The summed E-state index contributed by atoms with van der Waals surface area (Å²) in [5.41, 5.74) is 7.83. The lowest BCUT2D eigenvalue weighted by Crippen LogP contribution is -2.13. The van der Waals surface area contributed by atoms with Gasteiger partial charge in [0.1, 0.15) is 5.82 Å². The number of aromatic nitrogens is 2. The summed E-state index contributed by atoms with van der Waals surface area (Å²) in [6.07, 6.45) is 9.83. The topological polar surface area (TPSA) is 17.8 Å². The van der Waals surface area contributed by atoms with E-state index in [0.29, 0.717) is 0 Å². The van der Waals surface area contributed by atoms with Crippen LogP contribution in [0.25, 0.3) is 59.6 Å². The first-order chi connectivity index (χ1) is 20.1. The van der Waals surface area contributed by atoms with Gasteiger partial charge in [0.15, 0.2) is 0 Å². The molecule has 0 saturated heterocycles. The number of hydrogen-bond donors (Lipinski definition) is 0. The van der Waals surface area contributed by atoms with E-state index in [9.17, 15) is 0 Å².